The van der Waals surface area contributed by atoms with Crippen molar-refractivity contribution in [2.75, 3.05) is 59.6 Å². The Balaban J connectivity index is 1.78. The highest BCUT2D eigenvalue weighted by Crippen LogP contribution is 2.24. The minimum absolute atomic E-state index is 0.330. The molecule has 4 heteroatoms. The van der Waals surface area contributed by atoms with E-state index in [1.807, 2.05) is 0 Å². The van der Waals surface area contributed by atoms with Gasteiger partial charge in [-0.15, -0.1) is 0 Å². The predicted molar refractivity (Wildman–Crippen MR) is 68.1 cm³/mol. The molecule has 2 saturated heterocycles. The van der Waals surface area contributed by atoms with Gasteiger partial charge >= 0.3 is 0 Å². The summed E-state index contributed by atoms with van der Waals surface area (Å²) in [6, 6.07) is 0. The maximum absolute atomic E-state index is 9.58. The number of aliphatic hydroxyl groups excluding tert-OH is 1. The molecule has 0 radical (unpaired) electrons. The maximum Gasteiger partial charge on any atom is 0.0474 e. The topological polar surface area (TPSA) is 35.9 Å². The number of ether oxygens (including phenoxy) is 1. The van der Waals surface area contributed by atoms with E-state index in [0.29, 0.717) is 18.4 Å². The van der Waals surface area contributed by atoms with E-state index >= 15 is 0 Å². The Morgan fingerprint density at radius 3 is 2.41 bits per heavy atom. The van der Waals surface area contributed by atoms with Crippen LogP contribution >= 0.6 is 0 Å². The third kappa shape index (κ3) is 3.91. The molecule has 2 fully saturated rings. The Labute approximate surface area is 105 Å². The Morgan fingerprint density at radius 1 is 1.18 bits per heavy atom. The molecule has 2 aliphatic rings. The summed E-state index contributed by atoms with van der Waals surface area (Å²) in [5.41, 5.74) is 0. The van der Waals surface area contributed by atoms with Gasteiger partial charge in [-0.05, 0) is 31.7 Å². The molecule has 1 unspecified atom stereocenters. The van der Waals surface area contributed by atoms with Crippen LogP contribution < -0.4 is 0 Å². The van der Waals surface area contributed by atoms with Crippen molar-refractivity contribution in [1.29, 1.82) is 0 Å². The van der Waals surface area contributed by atoms with Gasteiger partial charge < -0.3 is 19.6 Å². The van der Waals surface area contributed by atoms with E-state index in [0.717, 1.165) is 58.8 Å². The first-order valence-corrected chi connectivity index (χ1v) is 6.89. The number of rotatable bonds is 4. The number of nitrogens with zero attached hydrogens (tertiary/aromatic N) is 2. The summed E-state index contributed by atoms with van der Waals surface area (Å²) >= 11 is 0. The lowest BCUT2D eigenvalue weighted by atomic mass is 9.86. The zero-order valence-electron chi connectivity index (χ0n) is 11.0. The van der Waals surface area contributed by atoms with E-state index in [9.17, 15) is 5.11 Å². The van der Waals surface area contributed by atoms with Crippen LogP contribution in [-0.4, -0.2) is 74.5 Å². The first-order chi connectivity index (χ1) is 8.29. The number of hydrogen-bond acceptors (Lipinski definition) is 4. The molecule has 0 aromatic carbocycles. The minimum Gasteiger partial charge on any atom is -0.396 e. The normalized spacial score (nSPS) is 27.2. The van der Waals surface area contributed by atoms with Crippen LogP contribution in [-0.2, 0) is 4.74 Å². The van der Waals surface area contributed by atoms with Gasteiger partial charge in [-0.2, -0.15) is 0 Å². The molecule has 0 amide bonds. The van der Waals surface area contributed by atoms with Crippen LogP contribution in [0.3, 0.4) is 0 Å². The largest absolute Gasteiger partial charge is 0.396 e. The molecule has 0 aliphatic carbocycles. The SMILES string of the molecule is CN1CCN(CC(CO)C2CCOCC2)CC1. The highest BCUT2D eigenvalue weighted by Gasteiger charge is 2.26. The highest BCUT2D eigenvalue weighted by molar-refractivity contribution is 4.78. The molecule has 4 nitrogen and oxygen atoms in total. The molecule has 2 heterocycles. The summed E-state index contributed by atoms with van der Waals surface area (Å²) in [6.45, 7) is 7.77. The third-order valence-corrected chi connectivity index (χ3v) is 4.26. The molecular weight excluding hydrogens is 216 g/mol. The molecule has 17 heavy (non-hydrogen) atoms. The van der Waals surface area contributed by atoms with E-state index in [2.05, 4.69) is 16.8 Å². The van der Waals surface area contributed by atoms with Gasteiger partial charge in [-0.25, -0.2) is 0 Å². The van der Waals surface area contributed by atoms with E-state index in [-0.39, 0.29) is 0 Å². The average molecular weight is 242 g/mol. The Morgan fingerprint density at radius 2 is 1.82 bits per heavy atom. The Kier molecular flexibility index (Phi) is 5.22. The molecular formula is C13H26N2O2. The van der Waals surface area contributed by atoms with Gasteiger partial charge in [-0.3, -0.25) is 0 Å². The minimum atomic E-state index is 0.330. The zero-order valence-corrected chi connectivity index (χ0v) is 11.0. The lowest BCUT2D eigenvalue weighted by Crippen LogP contribution is -2.47. The fourth-order valence-corrected chi connectivity index (χ4v) is 2.91. The van der Waals surface area contributed by atoms with E-state index < -0.39 is 0 Å². The summed E-state index contributed by atoms with van der Waals surface area (Å²) in [4.78, 5) is 4.88. The fraction of sp³-hybridized carbons (Fsp3) is 1.00. The Hall–Kier alpha value is -0.160. The molecule has 0 aromatic rings. The standard InChI is InChI=1S/C13H26N2O2/c1-14-4-6-15(7-5-14)10-13(11-16)12-2-8-17-9-3-12/h12-13,16H,2-11H2,1H3. The maximum atomic E-state index is 9.58. The molecule has 1 atom stereocenters. The number of likely N-dealkylation sites (N-methyl/N-ethyl adjacent to an activating group) is 1. The van der Waals surface area contributed by atoms with Crippen molar-refractivity contribution in [3.05, 3.63) is 0 Å². The van der Waals surface area contributed by atoms with Crippen LogP contribution in [0.15, 0.2) is 0 Å². The molecule has 2 aliphatic heterocycles. The van der Waals surface area contributed by atoms with Gasteiger partial charge in [-0.1, -0.05) is 0 Å². The van der Waals surface area contributed by atoms with Crippen molar-refractivity contribution in [3.63, 3.8) is 0 Å². The molecule has 2 rings (SSSR count). The molecule has 0 saturated carbocycles. The van der Waals surface area contributed by atoms with Gasteiger partial charge in [0.2, 0.25) is 0 Å². The third-order valence-electron chi connectivity index (χ3n) is 4.26. The number of aliphatic hydroxyl groups is 1. The average Bonchev–Trinajstić information content (AvgIpc) is 2.39. The van der Waals surface area contributed by atoms with Gasteiger partial charge in [0.1, 0.15) is 0 Å². The van der Waals surface area contributed by atoms with Gasteiger partial charge in [0.05, 0.1) is 0 Å². The van der Waals surface area contributed by atoms with Crippen LogP contribution in [0.25, 0.3) is 0 Å². The molecule has 1 N–H and O–H groups in total. The lowest BCUT2D eigenvalue weighted by Gasteiger charge is -2.37. The molecule has 100 valence electrons. The van der Waals surface area contributed by atoms with E-state index in [1.165, 1.54) is 0 Å². The Bertz CT molecular complexity index is 211. The second kappa shape index (κ2) is 6.69. The molecule has 0 bridgehead atoms. The van der Waals surface area contributed by atoms with Gasteiger partial charge in [0.15, 0.2) is 0 Å². The smallest absolute Gasteiger partial charge is 0.0474 e. The molecule has 0 aromatic heterocycles. The first kappa shape index (κ1) is 13.3. The van der Waals surface area contributed by atoms with Crippen molar-refractivity contribution in [1.82, 2.24) is 9.80 Å². The monoisotopic (exact) mass is 242 g/mol. The van der Waals surface area contributed by atoms with E-state index in [1.54, 1.807) is 0 Å². The van der Waals surface area contributed by atoms with Gasteiger partial charge in [0, 0.05) is 52.5 Å². The van der Waals surface area contributed by atoms with Crippen molar-refractivity contribution in [2.45, 2.75) is 12.8 Å². The van der Waals surface area contributed by atoms with Crippen molar-refractivity contribution in [2.24, 2.45) is 11.8 Å². The second-order valence-electron chi connectivity index (χ2n) is 5.50. The summed E-state index contributed by atoms with van der Waals surface area (Å²) in [5, 5.41) is 9.58. The highest BCUT2D eigenvalue weighted by atomic mass is 16.5. The summed E-state index contributed by atoms with van der Waals surface area (Å²) in [7, 11) is 2.18. The predicted octanol–water partition coefficient (Wildman–Crippen LogP) is 0.269. The van der Waals surface area contributed by atoms with Crippen molar-refractivity contribution < 1.29 is 9.84 Å². The van der Waals surface area contributed by atoms with Gasteiger partial charge in [0.25, 0.3) is 0 Å². The summed E-state index contributed by atoms with van der Waals surface area (Å²) in [6.07, 6.45) is 2.25. The van der Waals surface area contributed by atoms with Crippen LogP contribution in [0.2, 0.25) is 0 Å². The second-order valence-corrected chi connectivity index (χ2v) is 5.50. The summed E-state index contributed by atoms with van der Waals surface area (Å²) < 4.78 is 5.40. The van der Waals surface area contributed by atoms with Crippen molar-refractivity contribution >= 4 is 0 Å². The fourth-order valence-electron chi connectivity index (χ4n) is 2.91. The van der Waals surface area contributed by atoms with E-state index in [4.69, 9.17) is 4.74 Å². The van der Waals surface area contributed by atoms with Crippen molar-refractivity contribution in [3.8, 4) is 0 Å². The van der Waals surface area contributed by atoms with Crippen LogP contribution in [0.4, 0.5) is 0 Å². The van der Waals surface area contributed by atoms with Crippen LogP contribution in [0, 0.1) is 11.8 Å². The number of hydrogen-bond donors (Lipinski definition) is 1. The quantitative estimate of drug-likeness (QED) is 0.767. The molecule has 0 spiro atoms. The van der Waals surface area contributed by atoms with Crippen LogP contribution in [0.1, 0.15) is 12.8 Å². The zero-order chi connectivity index (χ0) is 12.1. The van der Waals surface area contributed by atoms with Crippen LogP contribution in [0.5, 0.6) is 0 Å². The summed E-state index contributed by atoms with van der Waals surface area (Å²) in [5.74, 6) is 1.11. The lowest BCUT2D eigenvalue weighted by molar-refractivity contribution is 0.0174. The first-order valence-electron chi connectivity index (χ1n) is 6.89. The number of piperazine rings is 1.